The fourth-order valence-electron chi connectivity index (χ4n) is 4.88. The molecule has 2 atom stereocenters. The molecule has 154 valence electrons. The van der Waals surface area contributed by atoms with Crippen LogP contribution >= 0.6 is 23.2 Å². The van der Waals surface area contributed by atoms with E-state index in [9.17, 15) is 9.59 Å². The first-order chi connectivity index (χ1) is 14.0. The van der Waals surface area contributed by atoms with E-state index >= 15 is 0 Å². The highest BCUT2D eigenvalue weighted by atomic mass is 35.5. The molecular formula is C23H25Cl2NO3. The van der Waals surface area contributed by atoms with Gasteiger partial charge in [0.15, 0.2) is 0 Å². The lowest BCUT2D eigenvalue weighted by Crippen LogP contribution is -2.39. The summed E-state index contributed by atoms with van der Waals surface area (Å²) in [7, 11) is 0. The maximum absolute atomic E-state index is 13.3. The number of benzene rings is 1. The van der Waals surface area contributed by atoms with Gasteiger partial charge in [0.05, 0.1) is 21.5 Å². The predicted molar refractivity (Wildman–Crippen MR) is 115 cm³/mol. The van der Waals surface area contributed by atoms with Gasteiger partial charge in [0.25, 0.3) is 0 Å². The quantitative estimate of drug-likeness (QED) is 0.544. The number of nitrogens with zero attached hydrogens (tertiary/aromatic N) is 1. The van der Waals surface area contributed by atoms with E-state index in [1.807, 2.05) is 19.1 Å². The van der Waals surface area contributed by atoms with E-state index < -0.39 is 11.8 Å². The van der Waals surface area contributed by atoms with Crippen LogP contribution < -0.4 is 0 Å². The Morgan fingerprint density at radius 2 is 1.83 bits per heavy atom. The van der Waals surface area contributed by atoms with Gasteiger partial charge >= 0.3 is 5.97 Å². The predicted octanol–water partition coefficient (Wildman–Crippen LogP) is 6.05. The van der Waals surface area contributed by atoms with Gasteiger partial charge in [0.1, 0.15) is 11.9 Å². The maximum Gasteiger partial charge on any atom is 0.336 e. The van der Waals surface area contributed by atoms with Crippen LogP contribution in [0.2, 0.25) is 10.0 Å². The van der Waals surface area contributed by atoms with Crippen molar-refractivity contribution < 1.29 is 14.3 Å². The normalized spacial score (nSPS) is 25.5. The molecule has 0 aromatic heterocycles. The van der Waals surface area contributed by atoms with E-state index in [0.29, 0.717) is 33.3 Å². The second kappa shape index (κ2) is 8.61. The van der Waals surface area contributed by atoms with Crippen LogP contribution in [0.4, 0.5) is 0 Å². The van der Waals surface area contributed by atoms with Gasteiger partial charge in [0, 0.05) is 23.7 Å². The van der Waals surface area contributed by atoms with Gasteiger partial charge in [-0.1, -0.05) is 41.8 Å². The van der Waals surface area contributed by atoms with Crippen LogP contribution in [-0.2, 0) is 14.3 Å². The Hall–Kier alpha value is -1.65. The molecule has 1 aromatic rings. The summed E-state index contributed by atoms with van der Waals surface area (Å²) < 4.78 is 5.88. The summed E-state index contributed by atoms with van der Waals surface area (Å²) in [5.41, 5.74) is 2.60. The summed E-state index contributed by atoms with van der Waals surface area (Å²) in [6, 6.07) is 5.37. The Labute approximate surface area is 181 Å². The van der Waals surface area contributed by atoms with E-state index in [0.717, 1.165) is 44.2 Å². The molecule has 1 heterocycles. The molecule has 1 aliphatic heterocycles. The molecule has 2 fully saturated rings. The molecule has 0 spiro atoms. The van der Waals surface area contributed by atoms with Crippen molar-refractivity contribution in [2.75, 3.05) is 0 Å². The second-order valence-corrected chi connectivity index (χ2v) is 8.97. The molecule has 2 saturated carbocycles. The van der Waals surface area contributed by atoms with Crippen molar-refractivity contribution >= 4 is 40.7 Å². The van der Waals surface area contributed by atoms with Crippen LogP contribution in [0.1, 0.15) is 69.8 Å². The monoisotopic (exact) mass is 433 g/mol. The Balaban J connectivity index is 1.78. The number of ketones is 1. The number of hydrogen-bond donors (Lipinski definition) is 0. The van der Waals surface area contributed by atoms with Gasteiger partial charge in [-0.3, -0.25) is 9.79 Å². The Bertz CT molecular complexity index is 899. The molecule has 4 rings (SSSR count). The van der Waals surface area contributed by atoms with E-state index in [4.69, 9.17) is 27.9 Å². The van der Waals surface area contributed by atoms with Crippen LogP contribution in [0.3, 0.4) is 0 Å². The summed E-state index contributed by atoms with van der Waals surface area (Å²) in [4.78, 5) is 30.9. The van der Waals surface area contributed by atoms with Crippen LogP contribution in [0.5, 0.6) is 0 Å². The number of hydrogen-bond acceptors (Lipinski definition) is 4. The molecule has 3 aliphatic rings. The minimum atomic E-state index is -0.502. The molecule has 2 unspecified atom stereocenters. The van der Waals surface area contributed by atoms with Gasteiger partial charge in [-0.05, 0) is 57.1 Å². The summed E-state index contributed by atoms with van der Waals surface area (Å²) in [6.07, 6.45) is 7.07. The smallest absolute Gasteiger partial charge is 0.336 e. The highest BCUT2D eigenvalue weighted by Crippen LogP contribution is 2.46. The van der Waals surface area contributed by atoms with Crippen LogP contribution in [0, 0.1) is 5.92 Å². The zero-order valence-electron chi connectivity index (χ0n) is 16.5. The number of Topliss-reactive ketones (excluding diaryl/α,β-unsaturated/α-hetero) is 1. The summed E-state index contributed by atoms with van der Waals surface area (Å²) >= 11 is 12.8. The number of ether oxygens (including phenoxy) is 1. The number of carbonyl (C=O) groups is 2. The summed E-state index contributed by atoms with van der Waals surface area (Å²) in [5, 5.41) is 0.795. The average molecular weight is 434 g/mol. The van der Waals surface area contributed by atoms with E-state index in [2.05, 4.69) is 4.99 Å². The van der Waals surface area contributed by atoms with Crippen molar-refractivity contribution in [3.05, 3.63) is 45.1 Å². The van der Waals surface area contributed by atoms with Crippen LogP contribution in [0.15, 0.2) is 34.5 Å². The minimum absolute atomic E-state index is 0.0699. The van der Waals surface area contributed by atoms with Crippen molar-refractivity contribution in [2.45, 2.75) is 70.3 Å². The molecular weight excluding hydrogens is 409 g/mol. The molecule has 0 radical (unpaired) electrons. The standard InChI is InChI=1S/C23H25Cl2NO3/c1-13-19(23(28)29-14-7-3-2-4-8-14)20(15-9-5-10-16(24)22(15)25)21-17(26-13)11-6-12-18(21)27/h5,9-10,14,20-21H,2-4,6-8,11-12H2,1H3. The van der Waals surface area contributed by atoms with Crippen LogP contribution in [-0.4, -0.2) is 23.6 Å². The van der Waals surface area contributed by atoms with Crippen LogP contribution in [0.25, 0.3) is 0 Å². The number of allylic oxidation sites excluding steroid dienone is 1. The number of rotatable bonds is 3. The molecule has 4 nitrogen and oxygen atoms in total. The largest absolute Gasteiger partial charge is 0.459 e. The first-order valence-corrected chi connectivity index (χ1v) is 11.2. The number of halogens is 2. The van der Waals surface area contributed by atoms with E-state index in [1.54, 1.807) is 6.07 Å². The average Bonchev–Trinajstić information content (AvgIpc) is 2.70. The number of fused-ring (bicyclic) bond motifs is 1. The van der Waals surface area contributed by atoms with Gasteiger partial charge in [-0.2, -0.15) is 0 Å². The molecule has 2 aliphatic carbocycles. The number of esters is 1. The third-order valence-corrected chi connectivity index (χ3v) is 7.10. The lowest BCUT2D eigenvalue weighted by molar-refractivity contribution is -0.146. The van der Waals surface area contributed by atoms with Crippen molar-refractivity contribution in [1.29, 1.82) is 0 Å². The van der Waals surface area contributed by atoms with Crippen molar-refractivity contribution in [1.82, 2.24) is 0 Å². The lowest BCUT2D eigenvalue weighted by Gasteiger charge is -2.36. The summed E-state index contributed by atoms with van der Waals surface area (Å²) in [5.74, 6) is -1.25. The number of carbonyl (C=O) groups excluding carboxylic acids is 2. The van der Waals surface area contributed by atoms with E-state index in [1.165, 1.54) is 6.42 Å². The lowest BCUT2D eigenvalue weighted by atomic mass is 9.69. The van der Waals surface area contributed by atoms with Gasteiger partial charge in [-0.25, -0.2) is 4.79 Å². The zero-order valence-corrected chi connectivity index (χ0v) is 18.1. The third-order valence-electron chi connectivity index (χ3n) is 6.27. The fraction of sp³-hybridized carbons (Fsp3) is 0.522. The topological polar surface area (TPSA) is 55.7 Å². The van der Waals surface area contributed by atoms with Gasteiger partial charge < -0.3 is 4.74 Å². The number of aliphatic imine (C=N–C) groups is 1. The van der Waals surface area contributed by atoms with Gasteiger partial charge in [0.2, 0.25) is 0 Å². The molecule has 0 N–H and O–H groups in total. The molecule has 1 aromatic carbocycles. The highest BCUT2D eigenvalue weighted by molar-refractivity contribution is 6.42. The van der Waals surface area contributed by atoms with Crippen molar-refractivity contribution in [2.24, 2.45) is 10.9 Å². The van der Waals surface area contributed by atoms with Crippen molar-refractivity contribution in [3.63, 3.8) is 0 Å². The first-order valence-electron chi connectivity index (χ1n) is 10.4. The van der Waals surface area contributed by atoms with E-state index in [-0.39, 0.29) is 17.9 Å². The maximum atomic E-state index is 13.3. The molecule has 0 bridgehead atoms. The minimum Gasteiger partial charge on any atom is -0.459 e. The molecule has 6 heteroatoms. The third kappa shape index (κ3) is 4.02. The zero-order chi connectivity index (χ0) is 20.5. The Morgan fingerprint density at radius 1 is 1.07 bits per heavy atom. The molecule has 29 heavy (non-hydrogen) atoms. The summed E-state index contributed by atoms with van der Waals surface area (Å²) in [6.45, 7) is 1.82. The van der Waals surface area contributed by atoms with Crippen molar-refractivity contribution in [3.8, 4) is 0 Å². The fourth-order valence-corrected chi connectivity index (χ4v) is 5.31. The Morgan fingerprint density at radius 3 is 2.59 bits per heavy atom. The Kier molecular flexibility index (Phi) is 6.12. The SMILES string of the molecule is CC1=C(C(=O)OC2CCCCC2)C(c2cccc(Cl)c2Cl)C2C(=O)CCCC2=N1. The first kappa shape index (κ1) is 20.6. The van der Waals surface area contributed by atoms with Gasteiger partial charge in [-0.15, -0.1) is 0 Å². The molecule has 0 saturated heterocycles. The molecule has 0 amide bonds. The highest BCUT2D eigenvalue weighted by Gasteiger charge is 2.45. The second-order valence-electron chi connectivity index (χ2n) is 8.19.